The summed E-state index contributed by atoms with van der Waals surface area (Å²) in [6.07, 6.45) is -0.831. The van der Waals surface area contributed by atoms with E-state index >= 15 is 0 Å². The predicted molar refractivity (Wildman–Crippen MR) is 99.7 cm³/mol. The first kappa shape index (κ1) is 19.5. The summed E-state index contributed by atoms with van der Waals surface area (Å²) in [4.78, 5) is 12.4. The number of hydrogen-bond acceptors (Lipinski definition) is 4. The molecule has 0 unspecified atom stereocenters. The van der Waals surface area contributed by atoms with Gasteiger partial charge in [-0.1, -0.05) is 34.8 Å². The maximum atomic E-state index is 12.4. The van der Waals surface area contributed by atoms with Gasteiger partial charge in [-0.25, -0.2) is 0 Å². The Bertz CT molecular complexity index is 783. The number of anilines is 1. The molecular formula is C17H16Cl3NO4. The Kier molecular flexibility index (Phi) is 6.64. The fraction of sp³-hybridized carbons (Fsp3) is 0.235. The minimum Gasteiger partial charge on any atom is -0.495 e. The molecule has 25 heavy (non-hydrogen) atoms. The number of amides is 1. The Morgan fingerprint density at radius 2 is 1.64 bits per heavy atom. The number of carbonyl (C=O) groups is 1. The van der Waals surface area contributed by atoms with Gasteiger partial charge in [-0.2, -0.15) is 0 Å². The van der Waals surface area contributed by atoms with E-state index in [1.54, 1.807) is 37.3 Å². The summed E-state index contributed by atoms with van der Waals surface area (Å²) in [7, 11) is 2.95. The lowest BCUT2D eigenvalue weighted by Crippen LogP contribution is -2.30. The van der Waals surface area contributed by atoms with Crippen LogP contribution in [0.15, 0.2) is 30.3 Å². The van der Waals surface area contributed by atoms with Crippen LogP contribution >= 0.6 is 34.8 Å². The molecule has 2 rings (SSSR count). The van der Waals surface area contributed by atoms with Gasteiger partial charge in [-0.3, -0.25) is 4.79 Å². The number of hydrogen-bond donors (Lipinski definition) is 1. The van der Waals surface area contributed by atoms with Crippen LogP contribution < -0.4 is 19.5 Å². The molecule has 134 valence electrons. The minimum atomic E-state index is -0.831. The molecule has 0 aromatic heterocycles. The van der Waals surface area contributed by atoms with Crippen molar-refractivity contribution in [2.24, 2.45) is 0 Å². The molecule has 5 nitrogen and oxygen atoms in total. The third-order valence-electron chi connectivity index (χ3n) is 3.30. The Morgan fingerprint density at radius 3 is 2.28 bits per heavy atom. The van der Waals surface area contributed by atoms with Crippen LogP contribution in [0.5, 0.6) is 17.2 Å². The van der Waals surface area contributed by atoms with Gasteiger partial charge in [0, 0.05) is 23.2 Å². The summed E-state index contributed by atoms with van der Waals surface area (Å²) >= 11 is 18.0. The van der Waals surface area contributed by atoms with Crippen molar-refractivity contribution in [2.45, 2.75) is 13.0 Å². The number of nitrogens with one attached hydrogen (secondary N) is 1. The maximum absolute atomic E-state index is 12.4. The molecule has 2 aromatic carbocycles. The lowest BCUT2D eigenvalue weighted by atomic mass is 10.2. The highest BCUT2D eigenvalue weighted by atomic mass is 35.5. The van der Waals surface area contributed by atoms with Crippen molar-refractivity contribution in [1.29, 1.82) is 0 Å². The van der Waals surface area contributed by atoms with Crippen LogP contribution in [-0.4, -0.2) is 26.2 Å². The van der Waals surface area contributed by atoms with Gasteiger partial charge in [0.15, 0.2) is 6.10 Å². The zero-order valence-corrected chi connectivity index (χ0v) is 16.0. The molecule has 0 spiro atoms. The lowest BCUT2D eigenvalue weighted by Gasteiger charge is -2.18. The molecule has 1 atom stereocenters. The van der Waals surface area contributed by atoms with Crippen LogP contribution in [0.2, 0.25) is 15.1 Å². The monoisotopic (exact) mass is 403 g/mol. The second-order valence-electron chi connectivity index (χ2n) is 5.01. The molecule has 0 fully saturated rings. The maximum Gasteiger partial charge on any atom is 0.265 e. The standard InChI is InChI=1S/C17H16Cl3NO4/c1-9(25-15-6-10(18)4-5-11(15)19)17(22)21-13-8-14(23-2)12(20)7-16(13)24-3/h4-9H,1-3H3,(H,21,22)/t9-/m0/s1. The van der Waals surface area contributed by atoms with Gasteiger partial charge in [0.2, 0.25) is 0 Å². The third kappa shape index (κ3) is 4.84. The zero-order chi connectivity index (χ0) is 18.6. The molecule has 0 saturated heterocycles. The molecule has 0 aliphatic heterocycles. The molecule has 0 aliphatic rings. The van der Waals surface area contributed by atoms with Crippen molar-refractivity contribution in [3.63, 3.8) is 0 Å². The second-order valence-corrected chi connectivity index (χ2v) is 6.26. The normalized spacial score (nSPS) is 11.6. The molecule has 0 heterocycles. The number of halogens is 3. The van der Waals surface area contributed by atoms with Crippen molar-refractivity contribution in [3.8, 4) is 17.2 Å². The number of ether oxygens (including phenoxy) is 3. The highest BCUT2D eigenvalue weighted by Gasteiger charge is 2.19. The second kappa shape index (κ2) is 8.52. The summed E-state index contributed by atoms with van der Waals surface area (Å²) in [5.41, 5.74) is 0.404. The molecule has 0 bridgehead atoms. The molecule has 0 aliphatic carbocycles. The van der Waals surface area contributed by atoms with Crippen molar-refractivity contribution in [3.05, 3.63) is 45.4 Å². The number of rotatable bonds is 6. The summed E-state index contributed by atoms with van der Waals surface area (Å²) in [5.74, 6) is 0.715. The van der Waals surface area contributed by atoms with E-state index in [0.29, 0.717) is 38.0 Å². The van der Waals surface area contributed by atoms with E-state index in [9.17, 15) is 4.79 Å². The van der Waals surface area contributed by atoms with Crippen LogP contribution in [-0.2, 0) is 4.79 Å². The van der Waals surface area contributed by atoms with Crippen molar-refractivity contribution < 1.29 is 19.0 Å². The first-order chi connectivity index (χ1) is 11.8. The SMILES string of the molecule is COc1cc(NC(=O)[C@H](C)Oc2cc(Cl)ccc2Cl)c(OC)cc1Cl. The quantitative estimate of drug-likeness (QED) is 0.730. The van der Waals surface area contributed by atoms with E-state index < -0.39 is 12.0 Å². The summed E-state index contributed by atoms with van der Waals surface area (Å²) in [5, 5.41) is 3.89. The Labute approximate surface area is 160 Å². The Hall–Kier alpha value is -1.82. The Morgan fingerprint density at radius 1 is 0.960 bits per heavy atom. The van der Waals surface area contributed by atoms with Gasteiger partial charge in [0.25, 0.3) is 5.91 Å². The predicted octanol–water partition coefficient (Wildman–Crippen LogP) is 5.07. The molecule has 2 aromatic rings. The van der Waals surface area contributed by atoms with Gasteiger partial charge in [-0.15, -0.1) is 0 Å². The zero-order valence-electron chi connectivity index (χ0n) is 13.7. The van der Waals surface area contributed by atoms with Crippen LogP contribution in [0.4, 0.5) is 5.69 Å². The molecule has 0 radical (unpaired) electrons. The van der Waals surface area contributed by atoms with Crippen LogP contribution in [0.25, 0.3) is 0 Å². The van der Waals surface area contributed by atoms with Crippen molar-refractivity contribution in [1.82, 2.24) is 0 Å². The van der Waals surface area contributed by atoms with E-state index in [0.717, 1.165) is 0 Å². The fourth-order valence-electron chi connectivity index (χ4n) is 2.00. The van der Waals surface area contributed by atoms with Crippen molar-refractivity contribution >= 4 is 46.4 Å². The fourth-order valence-corrected chi connectivity index (χ4v) is 2.56. The van der Waals surface area contributed by atoms with Crippen LogP contribution in [0.1, 0.15) is 6.92 Å². The van der Waals surface area contributed by atoms with E-state index in [2.05, 4.69) is 5.32 Å². The van der Waals surface area contributed by atoms with E-state index in [1.165, 1.54) is 14.2 Å². The highest BCUT2D eigenvalue weighted by Crippen LogP contribution is 2.36. The lowest BCUT2D eigenvalue weighted by molar-refractivity contribution is -0.122. The minimum absolute atomic E-state index is 0.317. The largest absolute Gasteiger partial charge is 0.495 e. The van der Waals surface area contributed by atoms with E-state index in [-0.39, 0.29) is 0 Å². The number of carbonyl (C=O) groups excluding carboxylic acids is 1. The van der Waals surface area contributed by atoms with E-state index in [4.69, 9.17) is 49.0 Å². The van der Waals surface area contributed by atoms with Crippen LogP contribution in [0.3, 0.4) is 0 Å². The molecule has 0 saturated carbocycles. The Balaban J connectivity index is 2.17. The molecular weight excluding hydrogens is 389 g/mol. The summed E-state index contributed by atoms with van der Waals surface area (Å²) in [6, 6.07) is 7.89. The molecule has 8 heteroatoms. The first-order valence-corrected chi connectivity index (χ1v) is 8.33. The molecule has 1 N–H and O–H groups in total. The van der Waals surface area contributed by atoms with Crippen molar-refractivity contribution in [2.75, 3.05) is 19.5 Å². The topological polar surface area (TPSA) is 56.8 Å². The molecule has 1 amide bonds. The third-order valence-corrected chi connectivity index (χ3v) is 4.14. The van der Waals surface area contributed by atoms with Gasteiger partial charge in [-0.05, 0) is 19.1 Å². The van der Waals surface area contributed by atoms with Gasteiger partial charge >= 0.3 is 0 Å². The van der Waals surface area contributed by atoms with E-state index in [1.807, 2.05) is 0 Å². The van der Waals surface area contributed by atoms with Gasteiger partial charge < -0.3 is 19.5 Å². The highest BCUT2D eigenvalue weighted by molar-refractivity contribution is 6.34. The average Bonchev–Trinajstić information content (AvgIpc) is 2.59. The van der Waals surface area contributed by atoms with Gasteiger partial charge in [0.05, 0.1) is 30.0 Å². The number of methoxy groups -OCH3 is 2. The summed E-state index contributed by atoms with van der Waals surface area (Å²) < 4.78 is 16.0. The summed E-state index contributed by atoms with van der Waals surface area (Å²) in [6.45, 7) is 1.59. The van der Waals surface area contributed by atoms with Crippen LogP contribution in [0, 0.1) is 0 Å². The smallest absolute Gasteiger partial charge is 0.265 e. The first-order valence-electron chi connectivity index (χ1n) is 7.19. The average molecular weight is 405 g/mol. The number of benzene rings is 2. The van der Waals surface area contributed by atoms with Gasteiger partial charge in [0.1, 0.15) is 17.2 Å².